The number of carbonyl (C=O) groups is 2. The van der Waals surface area contributed by atoms with E-state index in [0.717, 1.165) is 24.5 Å². The first-order chi connectivity index (χ1) is 16.9. The number of fused-ring (bicyclic) bond motifs is 1. The minimum atomic E-state index is -0.842. The molecule has 0 unspecified atom stereocenters. The van der Waals surface area contributed by atoms with Crippen molar-refractivity contribution in [3.8, 4) is 11.5 Å². The number of benzene rings is 1. The summed E-state index contributed by atoms with van der Waals surface area (Å²) in [6, 6.07) is 1.16. The van der Waals surface area contributed by atoms with E-state index in [1.807, 2.05) is 33.8 Å². The van der Waals surface area contributed by atoms with Crippen molar-refractivity contribution >= 4 is 22.7 Å². The van der Waals surface area contributed by atoms with Gasteiger partial charge in [-0.25, -0.2) is 4.79 Å². The van der Waals surface area contributed by atoms with Crippen LogP contribution in [0, 0.1) is 5.92 Å². The lowest BCUT2D eigenvalue weighted by Gasteiger charge is -2.21. The van der Waals surface area contributed by atoms with Crippen molar-refractivity contribution in [3.05, 3.63) is 56.5 Å². The lowest BCUT2D eigenvalue weighted by atomic mass is 9.89. The van der Waals surface area contributed by atoms with E-state index in [1.165, 1.54) is 12.5 Å². The number of rotatable bonds is 11. The highest BCUT2D eigenvalue weighted by molar-refractivity contribution is 6.12. The summed E-state index contributed by atoms with van der Waals surface area (Å²) >= 11 is 0. The van der Waals surface area contributed by atoms with Crippen LogP contribution in [0.25, 0.3) is 11.0 Å². The molecule has 0 bridgehead atoms. The third-order valence-corrected chi connectivity index (χ3v) is 6.34. The fraction of sp³-hybridized carbons (Fsp3) is 0.483. The van der Waals surface area contributed by atoms with Gasteiger partial charge in [0.15, 0.2) is 11.4 Å². The Hall–Kier alpha value is -3.35. The van der Waals surface area contributed by atoms with Gasteiger partial charge in [0.1, 0.15) is 23.2 Å². The molecule has 7 heteroatoms. The molecule has 1 heterocycles. The van der Waals surface area contributed by atoms with Crippen molar-refractivity contribution < 1.29 is 29.0 Å². The molecule has 0 aliphatic carbocycles. The molecule has 1 aromatic carbocycles. The maximum atomic E-state index is 13.3. The molecule has 7 nitrogen and oxygen atoms in total. The Morgan fingerprint density at radius 2 is 1.72 bits per heavy atom. The van der Waals surface area contributed by atoms with Crippen LogP contribution in [0.5, 0.6) is 11.5 Å². The maximum absolute atomic E-state index is 13.3. The normalized spacial score (nSPS) is 13.4. The molecule has 2 rings (SSSR count). The molecule has 2 atom stereocenters. The Bertz CT molecular complexity index is 1240. The number of aromatic hydroxyl groups is 2. The van der Waals surface area contributed by atoms with E-state index >= 15 is 0 Å². The van der Waals surface area contributed by atoms with Gasteiger partial charge < -0.3 is 19.4 Å². The molecule has 0 aliphatic heterocycles. The molecule has 196 valence electrons. The van der Waals surface area contributed by atoms with E-state index in [-0.39, 0.29) is 39.8 Å². The van der Waals surface area contributed by atoms with E-state index in [2.05, 4.69) is 6.08 Å². The molecule has 2 N–H and O–H groups in total. The van der Waals surface area contributed by atoms with Crippen LogP contribution < -0.4 is 5.63 Å². The zero-order chi connectivity index (χ0) is 27.2. The second-order valence-electron chi connectivity index (χ2n) is 9.53. The van der Waals surface area contributed by atoms with Crippen LogP contribution in [0.2, 0.25) is 0 Å². The first kappa shape index (κ1) is 28.9. The molecule has 0 fully saturated rings. The Morgan fingerprint density at radius 3 is 2.28 bits per heavy atom. The number of carbonyl (C=O) groups excluding carboxylic acids is 2. The summed E-state index contributed by atoms with van der Waals surface area (Å²) in [7, 11) is 0. The fourth-order valence-corrected chi connectivity index (χ4v) is 4.09. The molecule has 36 heavy (non-hydrogen) atoms. The topological polar surface area (TPSA) is 114 Å². The van der Waals surface area contributed by atoms with Gasteiger partial charge in [-0.2, -0.15) is 0 Å². The number of phenols is 2. The van der Waals surface area contributed by atoms with Gasteiger partial charge in [-0.1, -0.05) is 44.1 Å². The second-order valence-corrected chi connectivity index (χ2v) is 9.53. The molecule has 0 spiro atoms. The predicted molar refractivity (Wildman–Crippen MR) is 141 cm³/mol. The Balaban J connectivity index is 2.84. The van der Waals surface area contributed by atoms with E-state index in [4.69, 9.17) is 9.15 Å². The highest BCUT2D eigenvalue weighted by Gasteiger charge is 2.31. The quantitative estimate of drug-likeness (QED) is 0.154. The van der Waals surface area contributed by atoms with Gasteiger partial charge in [-0.15, -0.1) is 0 Å². The van der Waals surface area contributed by atoms with Crippen molar-refractivity contribution in [2.75, 3.05) is 0 Å². The van der Waals surface area contributed by atoms with Gasteiger partial charge in [-0.05, 0) is 52.9 Å². The first-order valence-corrected chi connectivity index (χ1v) is 12.5. The summed E-state index contributed by atoms with van der Waals surface area (Å²) in [5, 5.41) is 22.6. The molecular weight excluding hydrogens is 460 g/mol. The van der Waals surface area contributed by atoms with Crippen molar-refractivity contribution in [2.45, 2.75) is 86.7 Å². The van der Waals surface area contributed by atoms with Crippen LogP contribution in [0.1, 0.15) is 102 Å². The van der Waals surface area contributed by atoms with Crippen molar-refractivity contribution in [1.29, 1.82) is 0 Å². The van der Waals surface area contributed by atoms with Crippen LogP contribution in [0.3, 0.4) is 0 Å². The molecule has 0 amide bonds. The van der Waals surface area contributed by atoms with Crippen LogP contribution in [0.15, 0.2) is 38.6 Å². The summed E-state index contributed by atoms with van der Waals surface area (Å²) < 4.78 is 10.8. The summed E-state index contributed by atoms with van der Waals surface area (Å²) in [6.45, 7) is 12.6. The molecule has 2 aromatic rings. The number of Topliss-reactive ketones (excluding diaryl/α,β-unsaturated/α-hetero) is 1. The van der Waals surface area contributed by atoms with Crippen LogP contribution in [0.4, 0.5) is 0 Å². The molecule has 0 saturated heterocycles. The lowest BCUT2D eigenvalue weighted by molar-refractivity contribution is -0.146. The van der Waals surface area contributed by atoms with E-state index in [0.29, 0.717) is 12.8 Å². The number of esters is 1. The average Bonchev–Trinajstić information content (AvgIpc) is 2.80. The van der Waals surface area contributed by atoms with Gasteiger partial charge in [0.25, 0.3) is 0 Å². The van der Waals surface area contributed by atoms with Gasteiger partial charge in [0, 0.05) is 30.0 Å². The number of hydrogen-bond donors (Lipinski definition) is 2. The smallest absolute Gasteiger partial charge is 0.336 e. The van der Waals surface area contributed by atoms with Gasteiger partial charge in [0.05, 0.1) is 5.39 Å². The second kappa shape index (κ2) is 12.6. The first-order valence-electron chi connectivity index (χ1n) is 12.5. The van der Waals surface area contributed by atoms with Gasteiger partial charge >= 0.3 is 11.6 Å². The van der Waals surface area contributed by atoms with Crippen molar-refractivity contribution in [2.24, 2.45) is 5.92 Å². The Morgan fingerprint density at radius 1 is 1.06 bits per heavy atom. The summed E-state index contributed by atoms with van der Waals surface area (Å²) in [6.07, 6.45) is 5.87. The number of allylic oxidation sites excluding steroid dienone is 4. The minimum absolute atomic E-state index is 0.0951. The Labute approximate surface area is 212 Å². The molecule has 0 radical (unpaired) electrons. The van der Waals surface area contributed by atoms with Gasteiger partial charge in [-0.3, -0.25) is 9.59 Å². The minimum Gasteiger partial charge on any atom is -0.507 e. The molecule has 0 saturated carbocycles. The zero-order valence-electron chi connectivity index (χ0n) is 22.4. The summed E-state index contributed by atoms with van der Waals surface area (Å²) in [5.74, 6) is -2.11. The third kappa shape index (κ3) is 6.65. The third-order valence-electron chi connectivity index (χ3n) is 6.34. The number of hydrogen-bond acceptors (Lipinski definition) is 7. The zero-order valence-corrected chi connectivity index (χ0v) is 22.4. The highest BCUT2D eigenvalue weighted by Crippen LogP contribution is 2.44. The van der Waals surface area contributed by atoms with Crippen LogP contribution >= 0.6 is 0 Å². The number of ether oxygens (including phenoxy) is 1. The SMILES string of the molecule is CC[C@H](OC(C)=O)c1cc(=O)oc2c(C(=O)[C@@H](C)CC)c(O)c(CC=C(C)CCC=C(C)C)c(O)c12. The average molecular weight is 499 g/mol. The van der Waals surface area contributed by atoms with E-state index < -0.39 is 35.1 Å². The van der Waals surface area contributed by atoms with Crippen LogP contribution in [-0.4, -0.2) is 22.0 Å². The Kier molecular flexibility index (Phi) is 10.1. The number of phenolic OH excluding ortho intramolecular Hbond substituents is 2. The van der Waals surface area contributed by atoms with Crippen molar-refractivity contribution in [3.63, 3.8) is 0 Å². The fourth-order valence-electron chi connectivity index (χ4n) is 4.09. The lowest BCUT2D eigenvalue weighted by Crippen LogP contribution is -2.16. The molecule has 1 aromatic heterocycles. The molecule has 0 aliphatic rings. The standard InChI is InChI=1S/C29H38O7/c1-8-18(6)26(32)25-28(34)20(14-13-17(5)12-10-11-16(3)4)27(33)24-21(15-23(31)36-29(24)25)22(9-2)35-19(7)30/h11,13,15,18,22,33-34H,8-10,12,14H2,1-7H3/t18-,22-/m0/s1. The predicted octanol–water partition coefficient (Wildman–Crippen LogP) is 6.68. The number of ketones is 1. The van der Waals surface area contributed by atoms with Crippen LogP contribution in [-0.2, 0) is 16.0 Å². The molecular formula is C29H38O7. The maximum Gasteiger partial charge on any atom is 0.336 e. The van der Waals surface area contributed by atoms with Crippen molar-refractivity contribution in [1.82, 2.24) is 0 Å². The van der Waals surface area contributed by atoms with E-state index in [1.54, 1.807) is 13.8 Å². The highest BCUT2D eigenvalue weighted by atomic mass is 16.5. The van der Waals surface area contributed by atoms with E-state index in [9.17, 15) is 24.6 Å². The summed E-state index contributed by atoms with van der Waals surface area (Å²) in [5.41, 5.74) is 1.57. The van der Waals surface area contributed by atoms with Gasteiger partial charge in [0.2, 0.25) is 0 Å². The summed E-state index contributed by atoms with van der Waals surface area (Å²) in [4.78, 5) is 37.6. The largest absolute Gasteiger partial charge is 0.507 e. The monoisotopic (exact) mass is 498 g/mol.